The average molecular weight is 633 g/mol. The van der Waals surface area contributed by atoms with Gasteiger partial charge >= 0.3 is 23.9 Å². The summed E-state index contributed by atoms with van der Waals surface area (Å²) < 4.78 is 0. The molecule has 0 atom stereocenters. The van der Waals surface area contributed by atoms with Gasteiger partial charge in [0.25, 0.3) is 0 Å². The van der Waals surface area contributed by atoms with Crippen LogP contribution in [-0.2, 0) is 19.4 Å². The molecule has 4 aromatic carbocycles. The van der Waals surface area contributed by atoms with Gasteiger partial charge in [0.2, 0.25) is 0 Å². The third kappa shape index (κ3) is 20.3. The van der Waals surface area contributed by atoms with Crippen LogP contribution in [0.5, 0.6) is 0 Å². The highest BCUT2D eigenvalue weighted by Crippen LogP contribution is 2.11. The third-order valence-corrected chi connectivity index (χ3v) is 5.42. The number of carbonyl (C=O) groups excluding carboxylic acids is 2. The van der Waals surface area contributed by atoms with Crippen molar-refractivity contribution in [3.05, 3.63) is 131 Å². The van der Waals surface area contributed by atoms with E-state index in [1.807, 2.05) is 28.2 Å². The number of aryl methyl sites for hydroxylation is 2. The maximum Gasteiger partial charge on any atom is 0.352 e. The van der Waals surface area contributed by atoms with Crippen molar-refractivity contribution in [3.63, 3.8) is 0 Å². The summed E-state index contributed by atoms with van der Waals surface area (Å²) in [7, 11) is 8.19. The first kappa shape index (κ1) is 40.4. The van der Waals surface area contributed by atoms with Crippen molar-refractivity contribution in [2.24, 2.45) is 0 Å². The molecule has 0 saturated heterocycles. The van der Waals surface area contributed by atoms with Crippen LogP contribution in [0, 0.1) is 13.8 Å². The number of benzene rings is 4. The van der Waals surface area contributed by atoms with E-state index in [0.29, 0.717) is 11.1 Å². The van der Waals surface area contributed by atoms with Gasteiger partial charge in [-0.1, -0.05) is 71.8 Å². The third-order valence-electron chi connectivity index (χ3n) is 5.42. The van der Waals surface area contributed by atoms with Gasteiger partial charge in [0.15, 0.2) is 0 Å². The van der Waals surface area contributed by atoms with E-state index in [4.69, 9.17) is 10.2 Å². The predicted octanol–water partition coefficient (Wildman–Crippen LogP) is 6.92. The molecule has 0 aliphatic rings. The van der Waals surface area contributed by atoms with E-state index in [1.54, 1.807) is 60.7 Å². The molecule has 4 rings (SSSR count). The van der Waals surface area contributed by atoms with Gasteiger partial charge in [-0.15, -0.1) is 0 Å². The number of hydrogen-bond donors (Lipinski definition) is 2. The molecule has 4 aromatic rings. The normalized spacial score (nSPS) is 8.96. The summed E-state index contributed by atoms with van der Waals surface area (Å²) in [5.41, 5.74) is 5.79. The van der Waals surface area contributed by atoms with Crippen LogP contribution in [0.3, 0.4) is 0 Å². The highest BCUT2D eigenvalue weighted by Gasteiger charge is 1.98. The van der Waals surface area contributed by atoms with Gasteiger partial charge in [-0.25, -0.2) is 29.0 Å². The Balaban J connectivity index is 0.000000552. The number of anilines is 2. The first-order valence-electron chi connectivity index (χ1n) is 14.0. The van der Waals surface area contributed by atoms with Crippen molar-refractivity contribution in [2.75, 3.05) is 38.0 Å². The van der Waals surface area contributed by atoms with Crippen LogP contribution in [0.1, 0.15) is 45.7 Å². The number of hydrogen-bond acceptors (Lipinski definition) is 8. The van der Waals surface area contributed by atoms with Gasteiger partial charge in [0.1, 0.15) is 0 Å². The van der Waals surface area contributed by atoms with E-state index in [1.165, 1.54) is 22.5 Å². The molecule has 46 heavy (non-hydrogen) atoms. The zero-order valence-corrected chi connectivity index (χ0v) is 27.6. The second kappa shape index (κ2) is 22.8. The Kier molecular flexibility index (Phi) is 20.0. The fraction of sp³-hybridized carbons (Fsp3) is 0.222. The summed E-state index contributed by atoms with van der Waals surface area (Å²) in [5, 5.41) is 16.8. The molecular formula is C36H44N2O8. The summed E-state index contributed by atoms with van der Waals surface area (Å²) in [6.45, 7) is 6.48. The molecule has 246 valence electrons. The molecule has 0 fully saturated rings. The van der Waals surface area contributed by atoms with Crippen LogP contribution >= 0.6 is 0 Å². The smallest absolute Gasteiger partial charge is 0.352 e. The van der Waals surface area contributed by atoms with Gasteiger partial charge in [0, 0.05) is 53.4 Å². The SMILES string of the molecule is CC(=O)OOC(C)=O.Cc1ccc(N(C)C)cc1.Cc1ccc(N(C)C)cc1.O=C(O)c1ccccc1.O=C(O)c1ccccc1. The molecular weight excluding hydrogens is 588 g/mol. The van der Waals surface area contributed by atoms with Crippen LogP contribution in [0.2, 0.25) is 0 Å². The van der Waals surface area contributed by atoms with Gasteiger partial charge in [0.05, 0.1) is 11.1 Å². The Morgan fingerprint density at radius 2 is 0.739 bits per heavy atom. The number of rotatable bonds is 4. The summed E-state index contributed by atoms with van der Waals surface area (Å²) >= 11 is 0. The average Bonchev–Trinajstić information content (AvgIpc) is 3.02. The Hall–Kier alpha value is -5.64. The molecule has 0 aliphatic carbocycles. The quantitative estimate of drug-likeness (QED) is 0.180. The zero-order chi connectivity index (χ0) is 35.1. The molecule has 10 heteroatoms. The molecule has 10 nitrogen and oxygen atoms in total. The highest BCUT2D eigenvalue weighted by atomic mass is 17.2. The molecule has 0 aliphatic heterocycles. The summed E-state index contributed by atoms with van der Waals surface area (Å²) in [6.07, 6.45) is 0. The van der Waals surface area contributed by atoms with Gasteiger partial charge in [-0.05, 0) is 62.4 Å². The van der Waals surface area contributed by atoms with Crippen LogP contribution in [0.15, 0.2) is 109 Å². The summed E-state index contributed by atoms with van der Waals surface area (Å²) in [6, 6.07) is 33.6. The molecule has 0 aromatic heterocycles. The molecule has 0 amide bonds. The Bertz CT molecular complexity index is 1330. The van der Waals surface area contributed by atoms with Gasteiger partial charge < -0.3 is 20.0 Å². The van der Waals surface area contributed by atoms with Crippen molar-refractivity contribution in [3.8, 4) is 0 Å². The molecule has 0 heterocycles. The summed E-state index contributed by atoms with van der Waals surface area (Å²) in [5.74, 6) is -3.04. The highest BCUT2D eigenvalue weighted by molar-refractivity contribution is 5.87. The monoisotopic (exact) mass is 632 g/mol. The van der Waals surface area contributed by atoms with Crippen molar-refractivity contribution in [2.45, 2.75) is 27.7 Å². The summed E-state index contributed by atoms with van der Waals surface area (Å²) in [4.78, 5) is 51.9. The minimum absolute atomic E-state index is 0.331. The van der Waals surface area contributed by atoms with E-state index >= 15 is 0 Å². The number of nitrogens with zero attached hydrogens (tertiary/aromatic N) is 2. The lowest BCUT2D eigenvalue weighted by molar-refractivity contribution is -0.255. The molecule has 0 bridgehead atoms. The second-order valence-electron chi connectivity index (χ2n) is 9.95. The molecule has 0 unspecified atom stereocenters. The van der Waals surface area contributed by atoms with Crippen molar-refractivity contribution in [1.29, 1.82) is 0 Å². The van der Waals surface area contributed by atoms with Gasteiger partial charge in [-0.3, -0.25) is 0 Å². The zero-order valence-electron chi connectivity index (χ0n) is 27.6. The van der Waals surface area contributed by atoms with E-state index < -0.39 is 23.9 Å². The number of aromatic carboxylic acids is 2. The maximum absolute atomic E-state index is 10.2. The first-order valence-corrected chi connectivity index (χ1v) is 14.0. The van der Waals surface area contributed by atoms with Gasteiger partial charge in [-0.2, -0.15) is 0 Å². The van der Waals surface area contributed by atoms with Crippen LogP contribution < -0.4 is 9.80 Å². The largest absolute Gasteiger partial charge is 0.478 e. The standard InChI is InChI=1S/2C9H13N.2C7H6O2.C4H6O4/c2*1-8-4-6-9(7-5-8)10(2)3;2*8-7(9)6-4-2-1-3-5-6;1-3(5)7-8-4(2)6/h2*4-7H,1-3H3;2*1-5H,(H,8,9);1-2H3. The van der Waals surface area contributed by atoms with Crippen molar-refractivity contribution < 1.29 is 39.2 Å². The van der Waals surface area contributed by atoms with E-state index in [0.717, 1.165) is 13.8 Å². The minimum atomic E-state index is -0.879. The molecule has 0 saturated carbocycles. The maximum atomic E-state index is 10.2. The van der Waals surface area contributed by atoms with Crippen molar-refractivity contribution >= 4 is 35.3 Å². The Morgan fingerprint density at radius 3 is 0.913 bits per heavy atom. The molecule has 0 radical (unpaired) electrons. The topological polar surface area (TPSA) is 134 Å². The van der Waals surface area contributed by atoms with E-state index in [-0.39, 0.29) is 0 Å². The molecule has 2 N–H and O–H groups in total. The minimum Gasteiger partial charge on any atom is -0.478 e. The van der Waals surface area contributed by atoms with Crippen molar-refractivity contribution in [1.82, 2.24) is 0 Å². The second-order valence-corrected chi connectivity index (χ2v) is 9.95. The van der Waals surface area contributed by atoms with E-state index in [2.05, 4.69) is 82.0 Å². The van der Waals surface area contributed by atoms with Crippen LogP contribution in [0.4, 0.5) is 11.4 Å². The Labute approximate surface area is 271 Å². The Morgan fingerprint density at radius 1 is 0.478 bits per heavy atom. The van der Waals surface area contributed by atoms with Crippen LogP contribution in [-0.4, -0.2) is 62.3 Å². The molecule has 0 spiro atoms. The van der Waals surface area contributed by atoms with Crippen LogP contribution in [0.25, 0.3) is 0 Å². The predicted molar refractivity (Wildman–Crippen MR) is 181 cm³/mol. The first-order chi connectivity index (χ1) is 21.6. The number of carboxylic acid groups (broad SMARTS) is 2. The number of carboxylic acids is 2. The lowest BCUT2D eigenvalue weighted by Gasteiger charge is -2.11. The fourth-order valence-electron chi connectivity index (χ4n) is 2.96. The van der Waals surface area contributed by atoms with E-state index in [9.17, 15) is 19.2 Å². The number of carbonyl (C=O) groups is 4. The lowest BCUT2D eigenvalue weighted by Crippen LogP contribution is -2.07. The fourth-order valence-corrected chi connectivity index (χ4v) is 2.96. The lowest BCUT2D eigenvalue weighted by atomic mass is 10.2.